The Bertz CT molecular complexity index is 310. The van der Waals surface area contributed by atoms with E-state index in [0.29, 0.717) is 0 Å². The predicted octanol–water partition coefficient (Wildman–Crippen LogP) is 1.06. The van der Waals surface area contributed by atoms with E-state index in [1.54, 1.807) is 0 Å². The number of rotatable bonds is 1. The molecule has 1 aromatic carbocycles. The van der Waals surface area contributed by atoms with Gasteiger partial charge in [0.25, 0.3) is 0 Å². The van der Waals surface area contributed by atoms with Gasteiger partial charge >= 0.3 is 8.25 Å². The average Bonchev–Trinajstić information content (AvgIpc) is 2.31. The van der Waals surface area contributed by atoms with Crippen LogP contribution in [0.25, 0.3) is 0 Å². The first-order valence-electron chi connectivity index (χ1n) is 5.21. The Kier molecular flexibility index (Phi) is 6.45. The van der Waals surface area contributed by atoms with Crippen LogP contribution >= 0.6 is 8.25 Å². The van der Waals surface area contributed by atoms with Gasteiger partial charge in [-0.1, -0.05) is 36.8 Å². The highest BCUT2D eigenvalue weighted by Gasteiger charge is 2.17. The first-order chi connectivity index (χ1) is 7.70. The second kappa shape index (κ2) is 7.65. The summed E-state index contributed by atoms with van der Waals surface area (Å²) in [5.41, 5.74) is 0. The summed E-state index contributed by atoms with van der Waals surface area (Å²) in [6.45, 7) is 0.992. The Morgan fingerprint density at radius 2 is 1.81 bits per heavy atom. The quantitative estimate of drug-likeness (QED) is 0.584. The van der Waals surface area contributed by atoms with E-state index < -0.39 is 17.3 Å². The van der Waals surface area contributed by atoms with Crippen molar-refractivity contribution in [2.75, 3.05) is 6.61 Å². The Labute approximate surface area is 97.6 Å². The fraction of sp³-hybridized carbons (Fsp3) is 0.400. The first-order valence-corrected chi connectivity index (χ1v) is 8.24. The van der Waals surface area contributed by atoms with Gasteiger partial charge in [-0.2, -0.15) is 0 Å². The Balaban J connectivity index is 0.000000280. The van der Waals surface area contributed by atoms with E-state index in [1.807, 2.05) is 0 Å². The molecule has 0 bridgehead atoms. The van der Waals surface area contributed by atoms with Gasteiger partial charge in [0.15, 0.2) is 0 Å². The third-order valence-corrected chi connectivity index (χ3v) is 5.05. The normalized spacial score (nSPS) is 19.5. The minimum absolute atomic E-state index is 0.984. The fourth-order valence-electron chi connectivity index (χ4n) is 1.67. The third kappa shape index (κ3) is 5.49. The molecule has 1 unspecified atom stereocenters. The van der Waals surface area contributed by atoms with Gasteiger partial charge in [-0.25, -0.2) is 0 Å². The number of hydrogen-bond donors (Lipinski definition) is 2. The minimum Gasteiger partial charge on any atom is -0.415 e. The fourth-order valence-corrected chi connectivity index (χ4v) is 4.13. The molecule has 6 heteroatoms. The largest absolute Gasteiger partial charge is 0.692 e. The lowest BCUT2D eigenvalue weighted by atomic mass is 10.3. The molecule has 0 aromatic heterocycles. The van der Waals surface area contributed by atoms with Crippen molar-refractivity contribution in [3.8, 4) is 0 Å². The zero-order valence-electron chi connectivity index (χ0n) is 8.95. The van der Waals surface area contributed by atoms with Crippen molar-refractivity contribution >= 4 is 22.5 Å². The van der Waals surface area contributed by atoms with Crippen molar-refractivity contribution in [3.05, 3.63) is 30.3 Å². The highest BCUT2D eigenvalue weighted by molar-refractivity contribution is 7.30. The zero-order valence-corrected chi connectivity index (χ0v) is 11.0. The molecule has 0 spiro atoms. The van der Waals surface area contributed by atoms with E-state index in [1.165, 1.54) is 24.1 Å². The van der Waals surface area contributed by atoms with Gasteiger partial charge in [-0.3, -0.25) is 0 Å². The van der Waals surface area contributed by atoms with Crippen LogP contribution < -0.4 is 5.19 Å². The van der Waals surface area contributed by atoms with Crippen molar-refractivity contribution in [3.63, 3.8) is 0 Å². The summed E-state index contributed by atoms with van der Waals surface area (Å²) in [6.07, 6.45) is 2.63. The van der Waals surface area contributed by atoms with Crippen LogP contribution in [0.4, 0.5) is 0 Å². The van der Waals surface area contributed by atoms with Gasteiger partial charge in [0, 0.05) is 11.2 Å². The molecular weight excluding hydrogens is 243 g/mol. The molecule has 0 aliphatic carbocycles. The number of benzene rings is 1. The molecule has 1 aliphatic heterocycles. The monoisotopic (exact) mass is 259 g/mol. The van der Waals surface area contributed by atoms with Crippen molar-refractivity contribution in [2.24, 2.45) is 0 Å². The van der Waals surface area contributed by atoms with E-state index in [0.717, 1.165) is 6.61 Å². The van der Waals surface area contributed by atoms with E-state index >= 15 is 0 Å². The molecule has 1 atom stereocenters. The lowest BCUT2D eigenvalue weighted by Crippen LogP contribution is -2.36. The zero-order chi connectivity index (χ0) is 11.8. The van der Waals surface area contributed by atoms with Crippen LogP contribution in [0.2, 0.25) is 6.04 Å². The van der Waals surface area contributed by atoms with Crippen molar-refractivity contribution < 1.29 is 18.8 Å². The maximum Gasteiger partial charge on any atom is 0.692 e. The van der Waals surface area contributed by atoms with E-state index in [-0.39, 0.29) is 0 Å². The van der Waals surface area contributed by atoms with Crippen LogP contribution in [0.15, 0.2) is 30.3 Å². The molecule has 1 saturated heterocycles. The van der Waals surface area contributed by atoms with Gasteiger partial charge in [-0.05, 0) is 17.7 Å². The lowest BCUT2D eigenvalue weighted by molar-refractivity contribution is 0.294. The molecule has 88 valence electrons. The Morgan fingerprint density at radius 1 is 1.19 bits per heavy atom. The maximum absolute atomic E-state index is 8.70. The smallest absolute Gasteiger partial charge is 0.415 e. The summed E-state index contributed by atoms with van der Waals surface area (Å²) in [4.78, 5) is 14.2. The molecule has 2 N–H and O–H groups in total. The van der Waals surface area contributed by atoms with Crippen LogP contribution in [-0.4, -0.2) is 25.4 Å². The highest BCUT2D eigenvalue weighted by atomic mass is 31.1. The van der Waals surface area contributed by atoms with Crippen LogP contribution in [-0.2, 0) is 8.99 Å². The molecule has 2 rings (SSSR count). The highest BCUT2D eigenvalue weighted by Crippen LogP contribution is 2.10. The summed E-state index contributed by atoms with van der Waals surface area (Å²) in [5, 5.41) is 1.47. The second-order valence-electron chi connectivity index (χ2n) is 3.52. The molecule has 1 heterocycles. The summed E-state index contributed by atoms with van der Waals surface area (Å²) >= 11 is 0. The average molecular weight is 259 g/mol. The van der Waals surface area contributed by atoms with Crippen LogP contribution in [0.1, 0.15) is 12.8 Å². The van der Waals surface area contributed by atoms with Crippen LogP contribution in [0.5, 0.6) is 0 Å². The van der Waals surface area contributed by atoms with Crippen LogP contribution in [0.3, 0.4) is 0 Å². The molecule has 1 fully saturated rings. The molecule has 1 aromatic rings. The SMILES string of the molecule is O=[P+](O)O.c1ccc([SiH]2CCCCO2)cc1. The van der Waals surface area contributed by atoms with E-state index in [9.17, 15) is 0 Å². The minimum atomic E-state index is -2.87. The van der Waals surface area contributed by atoms with Crippen LogP contribution in [0, 0.1) is 0 Å². The number of hydrogen-bond acceptors (Lipinski definition) is 2. The summed E-state index contributed by atoms with van der Waals surface area (Å²) in [7, 11) is -3.85. The third-order valence-electron chi connectivity index (χ3n) is 2.35. The molecule has 16 heavy (non-hydrogen) atoms. The second-order valence-corrected chi connectivity index (χ2v) is 6.58. The Morgan fingerprint density at radius 3 is 2.31 bits per heavy atom. The lowest BCUT2D eigenvalue weighted by Gasteiger charge is -2.21. The summed E-state index contributed by atoms with van der Waals surface area (Å²) in [6, 6.07) is 12.0. The summed E-state index contributed by atoms with van der Waals surface area (Å²) in [5.74, 6) is 0. The van der Waals surface area contributed by atoms with Gasteiger partial charge < -0.3 is 4.43 Å². The maximum atomic E-state index is 8.70. The predicted molar refractivity (Wildman–Crippen MR) is 65.3 cm³/mol. The van der Waals surface area contributed by atoms with Gasteiger partial charge in [0.1, 0.15) is 0 Å². The van der Waals surface area contributed by atoms with Gasteiger partial charge in [-0.15, -0.1) is 9.79 Å². The van der Waals surface area contributed by atoms with Gasteiger partial charge in [0.05, 0.1) is 0 Å². The van der Waals surface area contributed by atoms with Crippen molar-refractivity contribution in [2.45, 2.75) is 18.9 Å². The molecular formula is C10H16O4PSi+. The van der Waals surface area contributed by atoms with Crippen molar-refractivity contribution in [1.82, 2.24) is 0 Å². The van der Waals surface area contributed by atoms with Crippen molar-refractivity contribution in [1.29, 1.82) is 0 Å². The van der Waals surface area contributed by atoms with E-state index in [4.69, 9.17) is 18.8 Å². The molecule has 4 nitrogen and oxygen atoms in total. The molecule has 0 amide bonds. The molecule has 1 aliphatic rings. The topological polar surface area (TPSA) is 66.8 Å². The Hall–Kier alpha value is -0.583. The van der Waals surface area contributed by atoms with E-state index in [2.05, 4.69) is 30.3 Å². The molecule has 0 saturated carbocycles. The summed E-state index contributed by atoms with van der Waals surface area (Å²) < 4.78 is 14.5. The van der Waals surface area contributed by atoms with Gasteiger partial charge in [0.2, 0.25) is 9.04 Å². The standard InChI is InChI=1S/C10H14OSi.HO3P/c1-2-6-10(7-3-1)12-9-5-4-8-11-12;1-4(2)3/h1-3,6-7,12H,4-5,8-9H2;(H-,1,2,3)/p+1. The first kappa shape index (κ1) is 13.5. The molecule has 0 radical (unpaired) electrons.